The lowest BCUT2D eigenvalue weighted by molar-refractivity contribution is -0.132. The van der Waals surface area contributed by atoms with Crippen molar-refractivity contribution in [3.8, 4) is 5.75 Å². The van der Waals surface area contributed by atoms with Gasteiger partial charge in [0.25, 0.3) is 0 Å². The Hall–Kier alpha value is -2.30. The minimum absolute atomic E-state index is 0.233. The first kappa shape index (κ1) is 15.6. The van der Waals surface area contributed by atoms with Crippen molar-refractivity contribution in [2.75, 3.05) is 20.2 Å². The number of nitrogens with one attached hydrogen (secondary N) is 1. The van der Waals surface area contributed by atoms with Gasteiger partial charge < -0.3 is 9.64 Å². The monoisotopic (exact) mass is 313 g/mol. The summed E-state index contributed by atoms with van der Waals surface area (Å²) in [6.07, 6.45) is 5.24. The number of aryl methyl sites for hydroxylation is 1. The second-order valence-corrected chi connectivity index (χ2v) is 6.04. The number of hydrogen-bond acceptors (Lipinski definition) is 3. The molecule has 3 rings (SSSR count). The number of methoxy groups -OCH3 is 1. The first-order valence-electron chi connectivity index (χ1n) is 8.16. The molecule has 1 atom stereocenters. The van der Waals surface area contributed by atoms with Crippen LogP contribution in [0.4, 0.5) is 0 Å². The van der Waals surface area contributed by atoms with E-state index in [1.807, 2.05) is 35.2 Å². The van der Waals surface area contributed by atoms with Crippen molar-refractivity contribution >= 4 is 5.91 Å². The molecule has 1 saturated heterocycles. The topological polar surface area (TPSA) is 58.2 Å². The molecule has 5 heteroatoms. The zero-order valence-corrected chi connectivity index (χ0v) is 13.5. The molecule has 2 heterocycles. The van der Waals surface area contributed by atoms with Crippen molar-refractivity contribution in [3.05, 3.63) is 47.8 Å². The third-order valence-electron chi connectivity index (χ3n) is 4.50. The van der Waals surface area contributed by atoms with E-state index in [9.17, 15) is 4.79 Å². The van der Waals surface area contributed by atoms with Gasteiger partial charge in [-0.3, -0.25) is 9.89 Å². The number of nitrogens with zero attached hydrogens (tertiary/aromatic N) is 2. The molecule has 1 fully saturated rings. The van der Waals surface area contributed by atoms with Crippen LogP contribution in [0.15, 0.2) is 36.5 Å². The molecule has 23 heavy (non-hydrogen) atoms. The molecule has 5 nitrogen and oxygen atoms in total. The lowest BCUT2D eigenvalue weighted by Gasteiger charge is -2.32. The summed E-state index contributed by atoms with van der Waals surface area (Å²) < 4.78 is 5.23. The molecule has 0 spiro atoms. The molecule has 1 aliphatic rings. The van der Waals surface area contributed by atoms with Crippen LogP contribution in [0.1, 0.15) is 36.4 Å². The smallest absolute Gasteiger partial charge is 0.222 e. The van der Waals surface area contributed by atoms with Gasteiger partial charge in [0.15, 0.2) is 0 Å². The molecule has 2 aromatic rings. The summed E-state index contributed by atoms with van der Waals surface area (Å²) in [5.41, 5.74) is 2.27. The number of H-pyrrole nitrogens is 1. The number of amides is 1. The zero-order chi connectivity index (χ0) is 16.1. The Morgan fingerprint density at radius 1 is 1.43 bits per heavy atom. The van der Waals surface area contributed by atoms with Gasteiger partial charge in [0.2, 0.25) is 5.91 Å². The lowest BCUT2D eigenvalue weighted by atomic mass is 9.94. The quantitative estimate of drug-likeness (QED) is 0.923. The molecule has 1 amide bonds. The van der Waals surface area contributed by atoms with Crippen molar-refractivity contribution in [1.29, 1.82) is 0 Å². The summed E-state index contributed by atoms with van der Waals surface area (Å²) in [6.45, 7) is 1.65. The molecular formula is C18H23N3O2. The predicted molar refractivity (Wildman–Crippen MR) is 88.5 cm³/mol. The number of rotatable bonds is 5. The predicted octanol–water partition coefficient (Wildman–Crippen LogP) is 2.76. The zero-order valence-electron chi connectivity index (χ0n) is 13.5. The minimum Gasteiger partial charge on any atom is -0.497 e. The number of aromatic nitrogens is 2. The maximum atomic E-state index is 12.5. The van der Waals surface area contributed by atoms with Crippen LogP contribution in [0.5, 0.6) is 5.75 Å². The van der Waals surface area contributed by atoms with Crippen LogP contribution in [-0.2, 0) is 11.2 Å². The Balaban J connectivity index is 1.55. The summed E-state index contributed by atoms with van der Waals surface area (Å²) in [5.74, 6) is 1.45. The highest BCUT2D eigenvalue weighted by molar-refractivity contribution is 5.76. The highest BCUT2D eigenvalue weighted by Crippen LogP contribution is 2.25. The van der Waals surface area contributed by atoms with Crippen molar-refractivity contribution in [2.24, 2.45) is 0 Å². The number of piperidine rings is 1. The molecule has 1 N–H and O–H groups in total. The van der Waals surface area contributed by atoms with Gasteiger partial charge in [-0.15, -0.1) is 0 Å². The number of hydrogen-bond donors (Lipinski definition) is 1. The summed E-state index contributed by atoms with van der Waals surface area (Å²) >= 11 is 0. The molecule has 0 saturated carbocycles. The maximum Gasteiger partial charge on any atom is 0.222 e. The Bertz CT molecular complexity index is 639. The normalized spacial score (nSPS) is 18.0. The van der Waals surface area contributed by atoms with E-state index < -0.39 is 0 Å². The van der Waals surface area contributed by atoms with Crippen molar-refractivity contribution in [3.63, 3.8) is 0 Å². The largest absolute Gasteiger partial charge is 0.497 e. The average Bonchev–Trinajstić information content (AvgIpc) is 3.14. The highest BCUT2D eigenvalue weighted by Gasteiger charge is 2.25. The van der Waals surface area contributed by atoms with Crippen LogP contribution in [-0.4, -0.2) is 41.2 Å². The highest BCUT2D eigenvalue weighted by atomic mass is 16.5. The number of benzene rings is 1. The number of carbonyl (C=O) groups is 1. The van der Waals surface area contributed by atoms with E-state index in [0.717, 1.165) is 49.4 Å². The van der Waals surface area contributed by atoms with E-state index in [4.69, 9.17) is 4.74 Å². The fraction of sp³-hybridized carbons (Fsp3) is 0.444. The first-order valence-corrected chi connectivity index (χ1v) is 8.16. The van der Waals surface area contributed by atoms with Crippen LogP contribution in [0.25, 0.3) is 0 Å². The summed E-state index contributed by atoms with van der Waals surface area (Å²) in [4.78, 5) is 14.5. The maximum absolute atomic E-state index is 12.5. The Kier molecular flexibility index (Phi) is 4.95. The van der Waals surface area contributed by atoms with Crippen LogP contribution < -0.4 is 4.74 Å². The van der Waals surface area contributed by atoms with Crippen LogP contribution >= 0.6 is 0 Å². The van der Waals surface area contributed by atoms with Crippen LogP contribution in [0, 0.1) is 0 Å². The van der Waals surface area contributed by atoms with Gasteiger partial charge in [-0.05, 0) is 43.0 Å². The molecule has 122 valence electrons. The molecule has 0 aliphatic carbocycles. The second-order valence-electron chi connectivity index (χ2n) is 6.04. The van der Waals surface area contributed by atoms with E-state index >= 15 is 0 Å². The third kappa shape index (κ3) is 3.92. The summed E-state index contributed by atoms with van der Waals surface area (Å²) in [5, 5.41) is 7.05. The van der Waals surface area contributed by atoms with Gasteiger partial charge in [-0.2, -0.15) is 5.10 Å². The van der Waals surface area contributed by atoms with Gasteiger partial charge in [0, 0.05) is 37.3 Å². The van der Waals surface area contributed by atoms with Crippen LogP contribution in [0.3, 0.4) is 0 Å². The van der Waals surface area contributed by atoms with Crippen molar-refractivity contribution in [1.82, 2.24) is 15.1 Å². The van der Waals surface area contributed by atoms with Gasteiger partial charge in [0.1, 0.15) is 5.75 Å². The number of ether oxygens (including phenoxy) is 1. The van der Waals surface area contributed by atoms with Crippen molar-refractivity contribution in [2.45, 2.75) is 31.6 Å². The third-order valence-corrected chi connectivity index (χ3v) is 4.50. The van der Waals surface area contributed by atoms with Gasteiger partial charge in [-0.25, -0.2) is 0 Å². The van der Waals surface area contributed by atoms with Gasteiger partial charge >= 0.3 is 0 Å². The van der Waals surface area contributed by atoms with Gasteiger partial charge in [0.05, 0.1) is 7.11 Å². The van der Waals surface area contributed by atoms with Gasteiger partial charge in [-0.1, -0.05) is 12.1 Å². The molecule has 0 bridgehead atoms. The fourth-order valence-corrected chi connectivity index (χ4v) is 3.19. The SMILES string of the molecule is COc1cccc(CCC(=O)N2CCC[C@H](c3ccn[nH]3)C2)c1. The van der Waals surface area contributed by atoms with E-state index in [0.29, 0.717) is 12.3 Å². The summed E-state index contributed by atoms with van der Waals surface area (Å²) in [6, 6.07) is 9.93. The molecule has 0 unspecified atom stereocenters. The number of likely N-dealkylation sites (tertiary alicyclic amines) is 1. The lowest BCUT2D eigenvalue weighted by Crippen LogP contribution is -2.39. The molecule has 0 radical (unpaired) electrons. The fourth-order valence-electron chi connectivity index (χ4n) is 3.19. The molecular weight excluding hydrogens is 290 g/mol. The first-order chi connectivity index (χ1) is 11.3. The Morgan fingerprint density at radius 3 is 3.13 bits per heavy atom. The Labute approximate surface area is 136 Å². The molecule has 1 aromatic heterocycles. The van der Waals surface area contributed by atoms with E-state index in [1.54, 1.807) is 13.3 Å². The molecule has 1 aliphatic heterocycles. The minimum atomic E-state index is 0.233. The standard InChI is InChI=1S/C18H23N3O2/c1-23-16-6-2-4-14(12-16)7-8-18(22)21-11-3-5-15(13-21)17-9-10-19-20-17/h2,4,6,9-10,12,15H,3,5,7-8,11,13H2,1H3,(H,19,20)/t15-/m0/s1. The van der Waals surface area contributed by atoms with Crippen LogP contribution in [0.2, 0.25) is 0 Å². The molecule has 1 aromatic carbocycles. The van der Waals surface area contributed by atoms with E-state index in [1.165, 1.54) is 0 Å². The Morgan fingerprint density at radius 2 is 2.35 bits per heavy atom. The van der Waals surface area contributed by atoms with E-state index in [-0.39, 0.29) is 5.91 Å². The second kappa shape index (κ2) is 7.31. The summed E-state index contributed by atoms with van der Waals surface area (Å²) in [7, 11) is 1.66. The number of aromatic amines is 1. The van der Waals surface area contributed by atoms with E-state index in [2.05, 4.69) is 10.2 Å². The van der Waals surface area contributed by atoms with Crippen molar-refractivity contribution < 1.29 is 9.53 Å². The number of carbonyl (C=O) groups excluding carboxylic acids is 1. The average molecular weight is 313 g/mol.